The molecule has 4 aliphatic carbocycles. The van der Waals surface area contributed by atoms with Crippen LogP contribution in [0.5, 0.6) is 0 Å². The van der Waals surface area contributed by atoms with E-state index in [-0.39, 0.29) is 11.0 Å². The summed E-state index contributed by atoms with van der Waals surface area (Å²) in [6, 6.07) is 2.21. The number of furan rings is 1. The summed E-state index contributed by atoms with van der Waals surface area (Å²) >= 11 is 0. The number of nitrogens with zero attached hydrogens (tertiary/aromatic N) is 2. The van der Waals surface area contributed by atoms with Crippen molar-refractivity contribution >= 4 is 0 Å². The Labute approximate surface area is 243 Å². The zero-order valence-electron chi connectivity index (χ0n) is 25.4. The van der Waals surface area contributed by atoms with Gasteiger partial charge in [0.2, 0.25) is 0 Å². The number of likely N-dealkylation sites (tertiary alicyclic amines) is 2. The molecule has 222 valence electrons. The Bertz CT molecular complexity index is 1030. The van der Waals surface area contributed by atoms with E-state index in [0.29, 0.717) is 11.5 Å². The highest BCUT2D eigenvalue weighted by atomic mass is 16.5. The summed E-state index contributed by atoms with van der Waals surface area (Å²) in [5.41, 5.74) is 3.36. The Hall–Kier alpha value is -1.14. The van der Waals surface area contributed by atoms with Gasteiger partial charge in [-0.15, -0.1) is 0 Å². The number of hydrogen-bond acceptors (Lipinski definition) is 5. The molecular formula is C35H54N2O3. The third-order valence-corrected chi connectivity index (χ3v) is 13.1. The number of rotatable bonds is 9. The van der Waals surface area contributed by atoms with Crippen molar-refractivity contribution < 1.29 is 13.9 Å². The van der Waals surface area contributed by atoms with Gasteiger partial charge in [-0.2, -0.15) is 0 Å². The van der Waals surface area contributed by atoms with Gasteiger partial charge in [-0.25, -0.2) is 0 Å². The van der Waals surface area contributed by atoms with Crippen LogP contribution in [0.4, 0.5) is 0 Å². The molecule has 40 heavy (non-hydrogen) atoms. The summed E-state index contributed by atoms with van der Waals surface area (Å²) < 4.78 is 19.3. The first-order valence-electron chi connectivity index (χ1n) is 17.0. The average Bonchev–Trinajstić information content (AvgIpc) is 3.77. The van der Waals surface area contributed by atoms with Crippen molar-refractivity contribution in [2.75, 3.05) is 52.5 Å². The Balaban J connectivity index is 1.06. The van der Waals surface area contributed by atoms with Gasteiger partial charge in [-0.1, -0.05) is 25.5 Å². The van der Waals surface area contributed by atoms with Crippen LogP contribution in [0, 0.1) is 28.6 Å². The number of allylic oxidation sites excluding steroid dienone is 1. The summed E-state index contributed by atoms with van der Waals surface area (Å²) in [6.45, 7) is 14.2. The topological polar surface area (TPSA) is 38.1 Å². The zero-order chi connectivity index (χ0) is 27.2. The van der Waals surface area contributed by atoms with E-state index >= 15 is 0 Å². The molecule has 3 heterocycles. The van der Waals surface area contributed by atoms with Crippen molar-refractivity contribution in [1.82, 2.24) is 9.80 Å². The van der Waals surface area contributed by atoms with Gasteiger partial charge in [0.1, 0.15) is 5.60 Å². The van der Waals surface area contributed by atoms with Gasteiger partial charge < -0.3 is 23.7 Å². The first-order chi connectivity index (χ1) is 19.5. The number of hydrogen-bond donors (Lipinski definition) is 0. The van der Waals surface area contributed by atoms with Crippen LogP contribution in [-0.4, -0.2) is 68.4 Å². The van der Waals surface area contributed by atoms with Gasteiger partial charge >= 0.3 is 0 Å². The van der Waals surface area contributed by atoms with Crippen LogP contribution < -0.4 is 0 Å². The fourth-order valence-electron chi connectivity index (χ4n) is 10.8. The van der Waals surface area contributed by atoms with Crippen LogP contribution in [0.3, 0.4) is 0 Å². The van der Waals surface area contributed by atoms with E-state index in [2.05, 4.69) is 35.8 Å². The molecule has 3 saturated carbocycles. The van der Waals surface area contributed by atoms with Crippen LogP contribution >= 0.6 is 0 Å². The Kier molecular flexibility index (Phi) is 7.73. The van der Waals surface area contributed by atoms with Crippen molar-refractivity contribution in [3.8, 4) is 0 Å². The smallest absolute Gasteiger partial charge is 0.102 e. The number of ether oxygens (including phenoxy) is 2. The maximum atomic E-state index is 7.14. The second-order valence-electron chi connectivity index (χ2n) is 14.8. The van der Waals surface area contributed by atoms with Gasteiger partial charge in [0.05, 0.1) is 31.8 Å². The van der Waals surface area contributed by atoms with Crippen LogP contribution in [0.2, 0.25) is 0 Å². The molecule has 0 bridgehead atoms. The predicted octanol–water partition coefficient (Wildman–Crippen LogP) is 7.03. The lowest BCUT2D eigenvalue weighted by Gasteiger charge is -2.60. The second kappa shape index (κ2) is 11.2. The molecular weight excluding hydrogens is 496 g/mol. The predicted molar refractivity (Wildman–Crippen MR) is 159 cm³/mol. The van der Waals surface area contributed by atoms with E-state index in [0.717, 1.165) is 50.5 Å². The summed E-state index contributed by atoms with van der Waals surface area (Å²) in [6.07, 6.45) is 22.4. The summed E-state index contributed by atoms with van der Waals surface area (Å²) in [4.78, 5) is 5.17. The molecule has 0 radical (unpaired) electrons. The third kappa shape index (κ3) is 4.66. The molecule has 0 unspecified atom stereocenters. The van der Waals surface area contributed by atoms with Crippen molar-refractivity contribution in [1.29, 1.82) is 0 Å². The van der Waals surface area contributed by atoms with E-state index in [1.807, 2.05) is 12.5 Å². The van der Waals surface area contributed by atoms with Gasteiger partial charge in [-0.3, -0.25) is 0 Å². The molecule has 0 amide bonds. The molecule has 2 aliphatic heterocycles. The lowest BCUT2D eigenvalue weighted by Crippen LogP contribution is -2.54. The molecule has 7 atom stereocenters. The second-order valence-corrected chi connectivity index (χ2v) is 14.8. The van der Waals surface area contributed by atoms with E-state index < -0.39 is 0 Å². The Morgan fingerprint density at radius 2 is 1.57 bits per heavy atom. The molecule has 5 nitrogen and oxygen atoms in total. The van der Waals surface area contributed by atoms with Gasteiger partial charge in [0, 0.05) is 24.1 Å². The highest BCUT2D eigenvalue weighted by Gasteiger charge is 2.65. The quantitative estimate of drug-likeness (QED) is 0.309. The maximum Gasteiger partial charge on any atom is 0.102 e. The summed E-state index contributed by atoms with van der Waals surface area (Å²) in [5, 5.41) is 0. The van der Waals surface area contributed by atoms with E-state index in [9.17, 15) is 0 Å². The molecule has 0 N–H and O–H groups in total. The first-order valence-corrected chi connectivity index (χ1v) is 17.0. The minimum absolute atomic E-state index is 0.177. The molecule has 0 spiro atoms. The SMILES string of the molecule is C[C@]12CC[C@H](OCCN3CCCC3)C=C1CC[C@@H]1[C@@H]2CC[C@@]2(C)[C@H]1CC[C@]2(OCCN1CCCC1)c1ccoc1. The van der Waals surface area contributed by atoms with Crippen molar-refractivity contribution in [2.24, 2.45) is 28.6 Å². The molecule has 5 fully saturated rings. The molecule has 7 rings (SSSR count). The van der Waals surface area contributed by atoms with Crippen LogP contribution in [-0.2, 0) is 15.1 Å². The molecule has 6 aliphatic rings. The first kappa shape index (κ1) is 27.7. The zero-order valence-corrected chi connectivity index (χ0v) is 25.4. The third-order valence-electron chi connectivity index (χ3n) is 13.1. The van der Waals surface area contributed by atoms with Crippen LogP contribution in [0.15, 0.2) is 34.7 Å². The fourth-order valence-corrected chi connectivity index (χ4v) is 10.8. The molecule has 1 aromatic heterocycles. The minimum Gasteiger partial charge on any atom is -0.472 e. The van der Waals surface area contributed by atoms with E-state index in [4.69, 9.17) is 13.9 Å². The normalized spacial score (nSPS) is 42.0. The Morgan fingerprint density at radius 1 is 0.850 bits per heavy atom. The molecule has 0 aromatic carbocycles. The molecule has 2 saturated heterocycles. The molecule has 1 aromatic rings. The molecule has 5 heteroatoms. The highest BCUT2D eigenvalue weighted by molar-refractivity contribution is 5.30. The largest absolute Gasteiger partial charge is 0.472 e. The van der Waals surface area contributed by atoms with Crippen molar-refractivity contribution in [2.45, 2.75) is 103 Å². The summed E-state index contributed by atoms with van der Waals surface area (Å²) in [7, 11) is 0. The monoisotopic (exact) mass is 550 g/mol. The van der Waals surface area contributed by atoms with Gasteiger partial charge in [-0.05, 0) is 132 Å². The van der Waals surface area contributed by atoms with Crippen molar-refractivity contribution in [3.05, 3.63) is 35.8 Å². The van der Waals surface area contributed by atoms with Gasteiger partial charge in [0.15, 0.2) is 0 Å². The average molecular weight is 551 g/mol. The fraction of sp³-hybridized carbons (Fsp3) is 0.829. The summed E-state index contributed by atoms with van der Waals surface area (Å²) in [5.74, 6) is 2.35. The van der Waals surface area contributed by atoms with E-state index in [1.165, 1.54) is 102 Å². The van der Waals surface area contributed by atoms with Crippen LogP contribution in [0.1, 0.15) is 96.5 Å². The van der Waals surface area contributed by atoms with Crippen molar-refractivity contribution in [3.63, 3.8) is 0 Å². The van der Waals surface area contributed by atoms with Gasteiger partial charge in [0.25, 0.3) is 0 Å². The Morgan fingerprint density at radius 3 is 2.30 bits per heavy atom. The lowest BCUT2D eigenvalue weighted by atomic mass is 9.46. The maximum absolute atomic E-state index is 7.14. The highest BCUT2D eigenvalue weighted by Crippen LogP contribution is 2.70. The lowest BCUT2D eigenvalue weighted by molar-refractivity contribution is -0.167. The minimum atomic E-state index is -0.201. The number of fused-ring (bicyclic) bond motifs is 5. The standard InChI is InChI=1S/C35H54N2O3/c1-33-13-9-29(39-23-20-36-16-3-4-17-36)25-27(33)7-8-30-31(33)10-14-34(2)32(30)11-15-35(34,28-12-22-38-26-28)40-24-21-37-18-5-6-19-37/h12,22,25-26,29-32H,3-11,13-21,23-24H2,1-2H3/t29-,30+,31-,32-,33-,34-,35-/m0/s1. The van der Waals surface area contributed by atoms with Crippen LogP contribution in [0.25, 0.3) is 0 Å². The van der Waals surface area contributed by atoms with E-state index in [1.54, 1.807) is 5.57 Å².